The molecule has 0 unspecified atom stereocenters. The highest BCUT2D eigenvalue weighted by Gasteiger charge is 2.12. The lowest BCUT2D eigenvalue weighted by atomic mass is 9.93. The van der Waals surface area contributed by atoms with Gasteiger partial charge < -0.3 is 4.74 Å². The monoisotopic (exact) mass is 240 g/mol. The Bertz CT molecular complexity index is 366. The Morgan fingerprint density at radius 1 is 1.38 bits per heavy atom. The molecule has 2 nitrogen and oxygen atoms in total. The van der Waals surface area contributed by atoms with E-state index in [2.05, 4.69) is 20.8 Å². The minimum absolute atomic E-state index is 0.175. The van der Waals surface area contributed by atoms with Gasteiger partial charge in [0.1, 0.15) is 0 Å². The first-order chi connectivity index (χ1) is 7.38. The van der Waals surface area contributed by atoms with Crippen molar-refractivity contribution in [1.82, 2.24) is 0 Å². The molecule has 0 radical (unpaired) electrons. The molecular formula is C13H17ClO2. The fraction of sp³-hybridized carbons (Fsp3) is 0.462. The van der Waals surface area contributed by atoms with Crippen LogP contribution in [0.15, 0.2) is 24.3 Å². The van der Waals surface area contributed by atoms with E-state index < -0.39 is 0 Å². The summed E-state index contributed by atoms with van der Waals surface area (Å²) >= 11 is 5.79. The average Bonchev–Trinajstić information content (AvgIpc) is 2.15. The molecule has 0 aliphatic carbocycles. The molecule has 0 spiro atoms. The summed E-state index contributed by atoms with van der Waals surface area (Å²) in [6, 6.07) is 6.78. The summed E-state index contributed by atoms with van der Waals surface area (Å²) in [5.41, 5.74) is 0.677. The van der Waals surface area contributed by atoms with Gasteiger partial charge in [-0.2, -0.15) is 0 Å². The van der Waals surface area contributed by atoms with Gasteiger partial charge in [0.2, 0.25) is 0 Å². The Morgan fingerprint density at radius 2 is 2.06 bits per heavy atom. The van der Waals surface area contributed by atoms with Gasteiger partial charge in [-0.3, -0.25) is 0 Å². The molecule has 1 aromatic rings. The second kappa shape index (κ2) is 5.35. The van der Waals surface area contributed by atoms with Gasteiger partial charge in [0.25, 0.3) is 0 Å². The van der Waals surface area contributed by atoms with Crippen LogP contribution in [0.5, 0.6) is 0 Å². The number of halogens is 1. The van der Waals surface area contributed by atoms with Crippen LogP contribution < -0.4 is 0 Å². The molecule has 0 bridgehead atoms. The number of hydrogen-bond acceptors (Lipinski definition) is 2. The van der Waals surface area contributed by atoms with Crippen LogP contribution >= 0.6 is 11.6 Å². The Balaban J connectivity index is 2.47. The number of rotatable bonds is 3. The van der Waals surface area contributed by atoms with Crippen molar-refractivity contribution in [3.63, 3.8) is 0 Å². The molecule has 3 heteroatoms. The fourth-order valence-electron chi connectivity index (χ4n) is 1.15. The Kier molecular flexibility index (Phi) is 4.36. The van der Waals surface area contributed by atoms with Crippen LogP contribution in [0.4, 0.5) is 0 Å². The molecule has 0 heterocycles. The van der Waals surface area contributed by atoms with Gasteiger partial charge in [0.05, 0.1) is 12.2 Å². The summed E-state index contributed by atoms with van der Waals surface area (Å²) in [7, 11) is 0. The molecule has 0 saturated carbocycles. The highest BCUT2D eigenvalue weighted by Crippen LogP contribution is 2.18. The maximum absolute atomic E-state index is 11.6. The molecule has 0 aromatic heterocycles. The number of ether oxygens (including phenoxy) is 1. The Labute approximate surface area is 102 Å². The van der Waals surface area contributed by atoms with Crippen molar-refractivity contribution in [1.29, 1.82) is 0 Å². The zero-order chi connectivity index (χ0) is 12.2. The summed E-state index contributed by atoms with van der Waals surface area (Å²) < 4.78 is 5.16. The van der Waals surface area contributed by atoms with Crippen LogP contribution in [0.25, 0.3) is 0 Å². The van der Waals surface area contributed by atoms with Crippen LogP contribution in [0.1, 0.15) is 37.6 Å². The summed E-state index contributed by atoms with van der Waals surface area (Å²) in [5.74, 6) is -0.313. The second-order valence-electron chi connectivity index (χ2n) is 4.96. The van der Waals surface area contributed by atoms with E-state index in [0.717, 1.165) is 6.42 Å². The van der Waals surface area contributed by atoms with Gasteiger partial charge in [-0.15, -0.1) is 0 Å². The first kappa shape index (κ1) is 13.0. The topological polar surface area (TPSA) is 26.3 Å². The van der Waals surface area contributed by atoms with E-state index in [0.29, 0.717) is 17.2 Å². The summed E-state index contributed by atoms with van der Waals surface area (Å²) in [6.07, 6.45) is 0.847. The van der Waals surface area contributed by atoms with Gasteiger partial charge in [-0.1, -0.05) is 38.4 Å². The summed E-state index contributed by atoms with van der Waals surface area (Å²) in [6.45, 7) is 6.77. The largest absolute Gasteiger partial charge is 0.462 e. The van der Waals surface area contributed by atoms with Crippen molar-refractivity contribution >= 4 is 17.6 Å². The predicted octanol–water partition coefficient (Wildman–Crippen LogP) is 3.93. The molecule has 0 atom stereocenters. The van der Waals surface area contributed by atoms with E-state index in [1.165, 1.54) is 0 Å². The van der Waals surface area contributed by atoms with Gasteiger partial charge in [-0.25, -0.2) is 4.79 Å². The maximum atomic E-state index is 11.6. The molecule has 1 rings (SSSR count). The van der Waals surface area contributed by atoms with Gasteiger partial charge in [0, 0.05) is 5.02 Å². The smallest absolute Gasteiger partial charge is 0.338 e. The third-order valence-corrected chi connectivity index (χ3v) is 2.38. The summed E-state index contributed by atoms with van der Waals surface area (Å²) in [5, 5.41) is 0.547. The molecule has 0 N–H and O–H groups in total. The molecule has 0 aliphatic heterocycles. The summed E-state index contributed by atoms with van der Waals surface area (Å²) in [4.78, 5) is 11.6. The normalized spacial score (nSPS) is 11.2. The minimum atomic E-state index is -0.313. The van der Waals surface area contributed by atoms with E-state index >= 15 is 0 Å². The molecule has 0 saturated heterocycles. The van der Waals surface area contributed by atoms with Crippen LogP contribution in [0.3, 0.4) is 0 Å². The van der Waals surface area contributed by atoms with Crippen molar-refractivity contribution in [3.8, 4) is 0 Å². The van der Waals surface area contributed by atoms with Crippen molar-refractivity contribution < 1.29 is 9.53 Å². The number of carbonyl (C=O) groups is 1. The van der Waals surface area contributed by atoms with E-state index in [4.69, 9.17) is 16.3 Å². The van der Waals surface area contributed by atoms with Crippen LogP contribution in [-0.2, 0) is 4.74 Å². The molecule has 0 fully saturated rings. The SMILES string of the molecule is CC(C)(C)CCOC(=O)c1cccc(Cl)c1. The van der Waals surface area contributed by atoms with Gasteiger partial charge in [-0.05, 0) is 30.0 Å². The highest BCUT2D eigenvalue weighted by molar-refractivity contribution is 6.30. The van der Waals surface area contributed by atoms with Crippen molar-refractivity contribution in [2.75, 3.05) is 6.61 Å². The number of esters is 1. The molecule has 88 valence electrons. The zero-order valence-electron chi connectivity index (χ0n) is 9.92. The van der Waals surface area contributed by atoms with E-state index in [1.807, 2.05) is 0 Å². The lowest BCUT2D eigenvalue weighted by Gasteiger charge is -2.17. The van der Waals surface area contributed by atoms with Gasteiger partial charge in [0.15, 0.2) is 0 Å². The number of carbonyl (C=O) groups excluding carboxylic acids is 1. The van der Waals surface area contributed by atoms with Crippen molar-refractivity contribution in [2.45, 2.75) is 27.2 Å². The van der Waals surface area contributed by atoms with Crippen LogP contribution in [0, 0.1) is 5.41 Å². The molecule has 16 heavy (non-hydrogen) atoms. The molecule has 1 aromatic carbocycles. The van der Waals surface area contributed by atoms with E-state index in [-0.39, 0.29) is 11.4 Å². The quantitative estimate of drug-likeness (QED) is 0.749. The lowest BCUT2D eigenvalue weighted by molar-refractivity contribution is 0.0465. The Morgan fingerprint density at radius 3 is 2.62 bits per heavy atom. The first-order valence-electron chi connectivity index (χ1n) is 5.31. The first-order valence-corrected chi connectivity index (χ1v) is 5.69. The second-order valence-corrected chi connectivity index (χ2v) is 5.39. The molecular weight excluding hydrogens is 224 g/mol. The molecule has 0 aliphatic rings. The lowest BCUT2D eigenvalue weighted by Crippen LogP contribution is -2.13. The number of benzene rings is 1. The third-order valence-electron chi connectivity index (χ3n) is 2.15. The average molecular weight is 241 g/mol. The van der Waals surface area contributed by atoms with Gasteiger partial charge >= 0.3 is 5.97 Å². The Hall–Kier alpha value is -1.02. The minimum Gasteiger partial charge on any atom is -0.462 e. The predicted molar refractivity (Wildman–Crippen MR) is 65.8 cm³/mol. The third kappa shape index (κ3) is 4.67. The van der Waals surface area contributed by atoms with Crippen molar-refractivity contribution in [2.24, 2.45) is 5.41 Å². The van der Waals surface area contributed by atoms with Crippen molar-refractivity contribution in [3.05, 3.63) is 34.9 Å². The van der Waals surface area contributed by atoms with Crippen LogP contribution in [0.2, 0.25) is 5.02 Å². The fourth-order valence-corrected chi connectivity index (χ4v) is 1.34. The highest BCUT2D eigenvalue weighted by atomic mass is 35.5. The van der Waals surface area contributed by atoms with Crippen LogP contribution in [-0.4, -0.2) is 12.6 Å². The zero-order valence-corrected chi connectivity index (χ0v) is 10.7. The molecule has 0 amide bonds. The van der Waals surface area contributed by atoms with E-state index in [1.54, 1.807) is 24.3 Å². The van der Waals surface area contributed by atoms with E-state index in [9.17, 15) is 4.79 Å². The standard InChI is InChI=1S/C13H17ClO2/c1-13(2,3)7-8-16-12(15)10-5-4-6-11(14)9-10/h4-6,9H,7-8H2,1-3H3. The maximum Gasteiger partial charge on any atom is 0.338 e. The number of hydrogen-bond donors (Lipinski definition) is 0.